The molecule has 0 radical (unpaired) electrons. The summed E-state index contributed by atoms with van der Waals surface area (Å²) in [6.45, 7) is 2.25. The van der Waals surface area contributed by atoms with Crippen LogP contribution in [0.4, 0.5) is 0 Å². The molecule has 1 aromatic rings. The van der Waals surface area contributed by atoms with Gasteiger partial charge >= 0.3 is 0 Å². The number of nitrogens with one attached hydrogen (secondary N) is 1. The van der Waals surface area contributed by atoms with Crippen LogP contribution in [0.2, 0.25) is 5.02 Å². The Balaban J connectivity index is 1.93. The Hall–Kier alpha value is -0.570. The molecular formula is C14H18ClNO. The second-order valence-corrected chi connectivity index (χ2v) is 6.17. The lowest BCUT2D eigenvalue weighted by Gasteiger charge is -2.32. The Kier molecular flexibility index (Phi) is 2.51. The molecular weight excluding hydrogens is 234 g/mol. The summed E-state index contributed by atoms with van der Waals surface area (Å²) in [7, 11) is 0. The summed E-state index contributed by atoms with van der Waals surface area (Å²) in [6.07, 6.45) is 3.87. The van der Waals surface area contributed by atoms with Gasteiger partial charge in [0, 0.05) is 21.7 Å². The van der Waals surface area contributed by atoms with Gasteiger partial charge in [0.2, 0.25) is 0 Å². The van der Waals surface area contributed by atoms with Crippen LogP contribution >= 0.6 is 11.6 Å². The minimum Gasteiger partial charge on any atom is -0.386 e. The molecule has 17 heavy (non-hydrogen) atoms. The number of benzene rings is 1. The molecule has 0 aliphatic carbocycles. The first-order valence-electron chi connectivity index (χ1n) is 6.27. The van der Waals surface area contributed by atoms with E-state index in [1.54, 1.807) is 0 Å². The molecule has 2 aliphatic heterocycles. The van der Waals surface area contributed by atoms with Crippen molar-refractivity contribution >= 4 is 11.6 Å². The first-order valence-corrected chi connectivity index (χ1v) is 6.64. The van der Waals surface area contributed by atoms with E-state index in [-0.39, 0.29) is 11.1 Å². The molecule has 3 rings (SSSR count). The predicted octanol–water partition coefficient (Wildman–Crippen LogP) is 3.05. The summed E-state index contributed by atoms with van der Waals surface area (Å²) in [5, 5.41) is 14.9. The van der Waals surface area contributed by atoms with Crippen molar-refractivity contribution in [2.24, 2.45) is 0 Å². The highest BCUT2D eigenvalue weighted by molar-refractivity contribution is 6.31. The zero-order valence-corrected chi connectivity index (χ0v) is 10.8. The molecule has 2 aliphatic rings. The monoisotopic (exact) mass is 251 g/mol. The predicted molar refractivity (Wildman–Crippen MR) is 69.2 cm³/mol. The van der Waals surface area contributed by atoms with Crippen LogP contribution in [0.15, 0.2) is 24.3 Å². The van der Waals surface area contributed by atoms with E-state index in [9.17, 15) is 5.11 Å². The fourth-order valence-corrected chi connectivity index (χ4v) is 3.67. The smallest absolute Gasteiger partial charge is 0.0986 e. The van der Waals surface area contributed by atoms with E-state index in [0.717, 1.165) is 31.2 Å². The molecule has 0 amide bonds. The Bertz CT molecular complexity index is 438. The topological polar surface area (TPSA) is 32.3 Å². The standard InChI is InChI=1S/C14H18ClNO/c1-13-6-8-14(16-13,9-7-13)12(17)10-4-2-3-5-11(10)15/h2-5,12,16-17H,6-9H2,1H3/t12-,13?,14?/m1/s1. The van der Waals surface area contributed by atoms with E-state index in [1.165, 1.54) is 0 Å². The molecule has 2 nitrogen and oxygen atoms in total. The van der Waals surface area contributed by atoms with Gasteiger partial charge in [-0.25, -0.2) is 0 Å². The first-order chi connectivity index (χ1) is 8.05. The Morgan fingerprint density at radius 1 is 1.24 bits per heavy atom. The van der Waals surface area contributed by atoms with E-state index in [1.807, 2.05) is 24.3 Å². The molecule has 0 spiro atoms. The number of hydrogen-bond donors (Lipinski definition) is 2. The average molecular weight is 252 g/mol. The van der Waals surface area contributed by atoms with Crippen LogP contribution in [0, 0.1) is 0 Å². The number of fused-ring (bicyclic) bond motifs is 2. The molecule has 2 heterocycles. The molecule has 0 saturated carbocycles. The zero-order valence-electron chi connectivity index (χ0n) is 10.0. The Labute approximate surface area is 107 Å². The molecule has 2 N–H and O–H groups in total. The van der Waals surface area contributed by atoms with Crippen molar-refractivity contribution in [1.82, 2.24) is 5.32 Å². The van der Waals surface area contributed by atoms with E-state index in [4.69, 9.17) is 11.6 Å². The van der Waals surface area contributed by atoms with Gasteiger partial charge in [0.05, 0.1) is 6.10 Å². The summed E-state index contributed by atoms with van der Waals surface area (Å²) < 4.78 is 0. The van der Waals surface area contributed by atoms with Crippen LogP contribution in [0.25, 0.3) is 0 Å². The van der Waals surface area contributed by atoms with Gasteiger partial charge in [0.15, 0.2) is 0 Å². The van der Waals surface area contributed by atoms with E-state index < -0.39 is 6.10 Å². The summed E-state index contributed by atoms with van der Waals surface area (Å²) in [6, 6.07) is 7.61. The highest BCUT2D eigenvalue weighted by Crippen LogP contribution is 2.50. The Morgan fingerprint density at radius 2 is 1.88 bits per heavy atom. The fraction of sp³-hybridized carbons (Fsp3) is 0.571. The molecule has 2 fully saturated rings. The molecule has 1 atom stereocenters. The van der Waals surface area contributed by atoms with Gasteiger partial charge in [-0.3, -0.25) is 0 Å². The van der Waals surface area contributed by atoms with Crippen LogP contribution in [0.3, 0.4) is 0 Å². The molecule has 0 aromatic heterocycles. The average Bonchev–Trinajstić information content (AvgIpc) is 2.83. The lowest BCUT2D eigenvalue weighted by molar-refractivity contribution is 0.0738. The van der Waals surface area contributed by atoms with Gasteiger partial charge < -0.3 is 10.4 Å². The van der Waals surface area contributed by atoms with Crippen molar-refractivity contribution in [2.75, 3.05) is 0 Å². The van der Waals surface area contributed by atoms with Crippen molar-refractivity contribution in [3.8, 4) is 0 Å². The largest absolute Gasteiger partial charge is 0.386 e. The van der Waals surface area contributed by atoms with Gasteiger partial charge in [-0.2, -0.15) is 0 Å². The van der Waals surface area contributed by atoms with E-state index in [0.29, 0.717) is 5.02 Å². The minimum atomic E-state index is -0.500. The van der Waals surface area contributed by atoms with Gasteiger partial charge in [-0.05, 0) is 38.7 Å². The maximum atomic E-state index is 10.6. The van der Waals surface area contributed by atoms with Crippen molar-refractivity contribution in [1.29, 1.82) is 0 Å². The lowest BCUT2D eigenvalue weighted by Crippen LogP contribution is -2.45. The molecule has 3 heteroatoms. The van der Waals surface area contributed by atoms with Gasteiger partial charge in [0.1, 0.15) is 0 Å². The van der Waals surface area contributed by atoms with E-state index >= 15 is 0 Å². The van der Waals surface area contributed by atoms with Crippen LogP contribution < -0.4 is 5.32 Å². The quantitative estimate of drug-likeness (QED) is 0.847. The van der Waals surface area contributed by atoms with Crippen LogP contribution in [-0.2, 0) is 0 Å². The van der Waals surface area contributed by atoms with E-state index in [2.05, 4.69) is 12.2 Å². The minimum absolute atomic E-state index is 0.153. The summed E-state index contributed by atoms with van der Waals surface area (Å²) in [5.74, 6) is 0. The van der Waals surface area contributed by atoms with Crippen molar-refractivity contribution in [3.63, 3.8) is 0 Å². The van der Waals surface area contributed by atoms with Gasteiger partial charge in [-0.1, -0.05) is 29.8 Å². The van der Waals surface area contributed by atoms with Crippen molar-refractivity contribution in [3.05, 3.63) is 34.9 Å². The highest BCUT2D eigenvalue weighted by atomic mass is 35.5. The third kappa shape index (κ3) is 1.70. The van der Waals surface area contributed by atoms with Crippen LogP contribution in [0.5, 0.6) is 0 Å². The number of halogens is 1. The fourth-order valence-electron chi connectivity index (χ4n) is 3.44. The molecule has 1 aromatic carbocycles. The normalized spacial score (nSPS) is 37.4. The number of hydrogen-bond acceptors (Lipinski definition) is 2. The SMILES string of the molecule is CC12CCC([C@H](O)c3ccccc3Cl)(CC1)N2. The third-order valence-corrected chi connectivity index (χ3v) is 4.86. The zero-order chi connectivity index (χ0) is 12.1. The molecule has 2 saturated heterocycles. The Morgan fingerprint density at radius 3 is 2.41 bits per heavy atom. The summed E-state index contributed by atoms with van der Waals surface area (Å²) in [5.41, 5.74) is 0.926. The summed E-state index contributed by atoms with van der Waals surface area (Å²) in [4.78, 5) is 0. The van der Waals surface area contributed by atoms with Crippen molar-refractivity contribution < 1.29 is 5.11 Å². The lowest BCUT2D eigenvalue weighted by atomic mass is 9.78. The summed E-state index contributed by atoms with van der Waals surface area (Å²) >= 11 is 6.18. The second kappa shape index (κ2) is 3.71. The first kappa shape index (κ1) is 11.5. The number of rotatable bonds is 2. The van der Waals surface area contributed by atoms with Crippen LogP contribution in [-0.4, -0.2) is 16.2 Å². The number of aliphatic hydroxyl groups excluding tert-OH is 1. The van der Waals surface area contributed by atoms with Gasteiger partial charge in [-0.15, -0.1) is 0 Å². The molecule has 92 valence electrons. The highest BCUT2D eigenvalue weighted by Gasteiger charge is 2.55. The third-order valence-electron chi connectivity index (χ3n) is 4.52. The van der Waals surface area contributed by atoms with Crippen LogP contribution in [0.1, 0.15) is 44.3 Å². The second-order valence-electron chi connectivity index (χ2n) is 5.77. The van der Waals surface area contributed by atoms with Crippen molar-refractivity contribution in [2.45, 2.75) is 49.8 Å². The maximum absolute atomic E-state index is 10.6. The molecule has 0 unspecified atom stereocenters. The van der Waals surface area contributed by atoms with Gasteiger partial charge in [0.25, 0.3) is 0 Å². The number of aliphatic hydroxyl groups is 1. The molecule has 2 bridgehead atoms. The maximum Gasteiger partial charge on any atom is 0.0986 e.